The van der Waals surface area contributed by atoms with E-state index in [1.165, 1.54) is 9.58 Å². The lowest BCUT2D eigenvalue weighted by molar-refractivity contribution is -0.141. The Morgan fingerprint density at radius 3 is 2.30 bits per heavy atom. The van der Waals surface area contributed by atoms with Gasteiger partial charge in [0.25, 0.3) is 11.8 Å². The lowest BCUT2D eigenvalue weighted by Gasteiger charge is -2.28. The summed E-state index contributed by atoms with van der Waals surface area (Å²) in [5.41, 5.74) is 0.657. The number of hydrogen-bond donors (Lipinski definition) is 0. The van der Waals surface area contributed by atoms with Gasteiger partial charge in [0.15, 0.2) is 5.69 Å². The molecule has 0 fully saturated rings. The Bertz CT molecular complexity index is 1550. The first-order chi connectivity index (χ1) is 19.1. The van der Waals surface area contributed by atoms with Crippen LogP contribution >= 0.6 is 0 Å². The number of amides is 2. The number of imide groups is 1. The molecule has 10 heteroatoms. The summed E-state index contributed by atoms with van der Waals surface area (Å²) in [6, 6.07) is 15.9. The minimum atomic E-state index is -4.67. The molecule has 0 bridgehead atoms. The van der Waals surface area contributed by atoms with E-state index in [9.17, 15) is 22.8 Å². The number of benzene rings is 3. The maximum atomic E-state index is 13.8. The van der Waals surface area contributed by atoms with Crippen LogP contribution in [0.3, 0.4) is 0 Å². The van der Waals surface area contributed by atoms with Crippen molar-refractivity contribution in [2.24, 2.45) is 0 Å². The lowest BCUT2D eigenvalue weighted by atomic mass is 9.93. The Morgan fingerprint density at radius 1 is 0.950 bits per heavy atom. The minimum absolute atomic E-state index is 0.217. The molecule has 0 aliphatic carbocycles. The van der Waals surface area contributed by atoms with Crippen LogP contribution in [0.15, 0.2) is 60.7 Å². The van der Waals surface area contributed by atoms with Crippen LogP contribution in [-0.2, 0) is 6.18 Å². The zero-order valence-electron chi connectivity index (χ0n) is 22.5. The van der Waals surface area contributed by atoms with Gasteiger partial charge in [-0.25, -0.2) is 4.68 Å². The van der Waals surface area contributed by atoms with Crippen LogP contribution in [0.25, 0.3) is 27.7 Å². The van der Waals surface area contributed by atoms with E-state index in [1.807, 2.05) is 19.0 Å². The molecule has 3 aromatic carbocycles. The molecule has 7 nitrogen and oxygen atoms in total. The summed E-state index contributed by atoms with van der Waals surface area (Å²) < 4.78 is 48.4. The van der Waals surface area contributed by atoms with E-state index in [-0.39, 0.29) is 12.2 Å². The fraction of sp³-hybridized carbons (Fsp3) is 0.300. The van der Waals surface area contributed by atoms with Crippen molar-refractivity contribution < 1.29 is 27.5 Å². The van der Waals surface area contributed by atoms with Gasteiger partial charge >= 0.3 is 6.18 Å². The standard InChI is InChI=1S/C30H29F3N4O3/c1-4-5-17-40-20-11-9-19(10-12-20)25-18-26(30(31,32)33)34-37(25)24-14-13-23-27-21(24)7-6-8-22(27)28(38)36(29(23)39)16-15-35(2)3/h6-14,18H,4-5,15-17H2,1-3H3. The predicted octanol–water partition coefficient (Wildman–Crippen LogP) is 6.05. The molecule has 208 valence electrons. The third-order valence-electron chi connectivity index (χ3n) is 6.88. The summed E-state index contributed by atoms with van der Waals surface area (Å²) in [4.78, 5) is 29.7. The van der Waals surface area contributed by atoms with Crippen molar-refractivity contribution >= 4 is 22.6 Å². The normalized spacial score (nSPS) is 13.5. The number of carbonyl (C=O) groups is 2. The molecule has 1 aliphatic rings. The molecular formula is C30H29F3N4O3. The van der Waals surface area contributed by atoms with Gasteiger partial charge < -0.3 is 9.64 Å². The summed E-state index contributed by atoms with van der Waals surface area (Å²) in [5, 5.41) is 4.81. The van der Waals surface area contributed by atoms with Gasteiger partial charge in [0.2, 0.25) is 0 Å². The fourth-order valence-corrected chi connectivity index (χ4v) is 4.78. The molecular weight excluding hydrogens is 521 g/mol. The van der Waals surface area contributed by atoms with E-state index >= 15 is 0 Å². The van der Waals surface area contributed by atoms with Crippen molar-refractivity contribution in [3.8, 4) is 22.7 Å². The van der Waals surface area contributed by atoms with Crippen molar-refractivity contribution in [3.63, 3.8) is 0 Å². The van der Waals surface area contributed by atoms with Gasteiger partial charge in [-0.05, 0) is 69.0 Å². The summed E-state index contributed by atoms with van der Waals surface area (Å²) in [5.74, 6) is -0.244. The minimum Gasteiger partial charge on any atom is -0.494 e. The summed E-state index contributed by atoms with van der Waals surface area (Å²) in [6.07, 6.45) is -2.79. The van der Waals surface area contributed by atoms with Gasteiger partial charge in [0.05, 0.1) is 18.0 Å². The maximum Gasteiger partial charge on any atom is 0.435 e. The number of likely N-dealkylation sites (N-methyl/N-ethyl adjacent to an activating group) is 1. The van der Waals surface area contributed by atoms with E-state index in [0.29, 0.717) is 52.1 Å². The fourth-order valence-electron chi connectivity index (χ4n) is 4.78. The van der Waals surface area contributed by atoms with Crippen molar-refractivity contribution in [1.82, 2.24) is 19.6 Å². The number of rotatable bonds is 9. The molecule has 1 aromatic heterocycles. The first-order valence-corrected chi connectivity index (χ1v) is 13.1. The number of carbonyl (C=O) groups excluding carboxylic acids is 2. The van der Waals surface area contributed by atoms with Crippen molar-refractivity contribution in [2.45, 2.75) is 25.9 Å². The highest BCUT2D eigenvalue weighted by Gasteiger charge is 2.37. The summed E-state index contributed by atoms with van der Waals surface area (Å²) >= 11 is 0. The number of unbranched alkanes of at least 4 members (excludes halogenated alkanes) is 1. The molecule has 0 unspecified atom stereocenters. The van der Waals surface area contributed by atoms with E-state index in [0.717, 1.165) is 18.9 Å². The van der Waals surface area contributed by atoms with Crippen LogP contribution in [0.4, 0.5) is 13.2 Å². The molecule has 0 atom stereocenters. The molecule has 0 spiro atoms. The van der Waals surface area contributed by atoms with Gasteiger partial charge in [0, 0.05) is 40.6 Å². The van der Waals surface area contributed by atoms with Crippen LogP contribution in [0.5, 0.6) is 5.75 Å². The van der Waals surface area contributed by atoms with Gasteiger partial charge in [-0.15, -0.1) is 0 Å². The Morgan fingerprint density at radius 2 is 1.65 bits per heavy atom. The van der Waals surface area contributed by atoms with Crippen LogP contribution < -0.4 is 4.74 Å². The second-order valence-corrected chi connectivity index (χ2v) is 9.98. The lowest BCUT2D eigenvalue weighted by Crippen LogP contribution is -2.43. The van der Waals surface area contributed by atoms with Crippen LogP contribution in [-0.4, -0.2) is 65.2 Å². The smallest absolute Gasteiger partial charge is 0.435 e. The van der Waals surface area contributed by atoms with Crippen molar-refractivity contribution in [1.29, 1.82) is 0 Å². The molecule has 2 amide bonds. The topological polar surface area (TPSA) is 67.7 Å². The maximum absolute atomic E-state index is 13.8. The second kappa shape index (κ2) is 10.8. The summed E-state index contributed by atoms with van der Waals surface area (Å²) in [6.45, 7) is 3.33. The molecule has 0 N–H and O–H groups in total. The van der Waals surface area contributed by atoms with Crippen LogP contribution in [0.1, 0.15) is 46.2 Å². The molecule has 0 saturated carbocycles. The third-order valence-corrected chi connectivity index (χ3v) is 6.88. The zero-order chi connectivity index (χ0) is 28.6. The molecule has 40 heavy (non-hydrogen) atoms. The second-order valence-electron chi connectivity index (χ2n) is 9.98. The quantitative estimate of drug-likeness (QED) is 0.188. The van der Waals surface area contributed by atoms with Crippen LogP contribution in [0.2, 0.25) is 0 Å². The van der Waals surface area contributed by atoms with Crippen molar-refractivity contribution in [2.75, 3.05) is 33.8 Å². The van der Waals surface area contributed by atoms with E-state index in [1.54, 1.807) is 54.6 Å². The van der Waals surface area contributed by atoms with Crippen LogP contribution in [0, 0.1) is 0 Å². The third kappa shape index (κ3) is 5.06. The zero-order valence-corrected chi connectivity index (χ0v) is 22.5. The van der Waals surface area contributed by atoms with Gasteiger partial charge in [0.1, 0.15) is 5.75 Å². The molecule has 0 saturated heterocycles. The molecule has 0 radical (unpaired) electrons. The number of aromatic nitrogens is 2. The highest BCUT2D eigenvalue weighted by Crippen LogP contribution is 2.38. The van der Waals surface area contributed by atoms with E-state index < -0.39 is 23.7 Å². The summed E-state index contributed by atoms with van der Waals surface area (Å²) in [7, 11) is 3.70. The molecule has 5 rings (SSSR count). The average molecular weight is 551 g/mol. The number of alkyl halides is 3. The number of hydrogen-bond acceptors (Lipinski definition) is 5. The molecule has 2 heterocycles. The van der Waals surface area contributed by atoms with Crippen molar-refractivity contribution in [3.05, 3.63) is 77.5 Å². The largest absolute Gasteiger partial charge is 0.494 e. The highest BCUT2D eigenvalue weighted by molar-refractivity contribution is 6.26. The first-order valence-electron chi connectivity index (χ1n) is 13.1. The Balaban J connectivity index is 1.63. The number of nitrogens with zero attached hydrogens (tertiary/aromatic N) is 4. The highest BCUT2D eigenvalue weighted by atomic mass is 19.4. The Kier molecular flexibility index (Phi) is 7.37. The Labute approximate surface area is 229 Å². The molecule has 4 aromatic rings. The molecule has 1 aliphatic heterocycles. The van der Waals surface area contributed by atoms with E-state index in [2.05, 4.69) is 12.0 Å². The first kappa shape index (κ1) is 27.4. The van der Waals surface area contributed by atoms with E-state index in [4.69, 9.17) is 4.74 Å². The number of ether oxygens (including phenoxy) is 1. The predicted molar refractivity (Wildman–Crippen MR) is 146 cm³/mol. The monoisotopic (exact) mass is 550 g/mol. The number of halogens is 3. The Hall–Kier alpha value is -4.18. The van der Waals surface area contributed by atoms with Gasteiger partial charge in [-0.2, -0.15) is 18.3 Å². The SMILES string of the molecule is CCCCOc1ccc(-c2cc(C(F)(F)F)nn2-c2ccc3c4c(cccc24)C(=O)N(CCN(C)C)C3=O)cc1. The average Bonchev–Trinajstić information content (AvgIpc) is 3.38. The van der Waals surface area contributed by atoms with Gasteiger partial charge in [-0.1, -0.05) is 25.5 Å². The van der Waals surface area contributed by atoms with Gasteiger partial charge in [-0.3, -0.25) is 14.5 Å².